The van der Waals surface area contributed by atoms with Crippen molar-refractivity contribution in [2.45, 2.75) is 0 Å². The van der Waals surface area contributed by atoms with Crippen molar-refractivity contribution in [1.29, 1.82) is 0 Å². The van der Waals surface area contributed by atoms with Crippen LogP contribution >= 0.6 is 0 Å². The van der Waals surface area contributed by atoms with Gasteiger partial charge >= 0.3 is 0 Å². The summed E-state index contributed by atoms with van der Waals surface area (Å²) in [4.78, 5) is 0. The first kappa shape index (κ1) is 6.74. The third kappa shape index (κ3) is 1.31. The molecule has 3 heteroatoms. The van der Waals surface area contributed by atoms with E-state index in [1.54, 1.807) is 0 Å². The van der Waals surface area contributed by atoms with Crippen molar-refractivity contribution in [3.05, 3.63) is 29.2 Å². The van der Waals surface area contributed by atoms with E-state index in [0.29, 0.717) is 10.6 Å². The van der Waals surface area contributed by atoms with Gasteiger partial charge in [-0.2, -0.15) is 0 Å². The highest BCUT2D eigenvalue weighted by molar-refractivity contribution is 5.37. The molecule has 0 radical (unpaired) electrons. The minimum absolute atomic E-state index is 0.313. The summed E-state index contributed by atoms with van der Waals surface area (Å²) in [6.07, 6.45) is 2.55. The van der Waals surface area contributed by atoms with Crippen molar-refractivity contribution < 1.29 is 8.91 Å². The summed E-state index contributed by atoms with van der Waals surface area (Å²) < 4.78 is 16.7. The summed E-state index contributed by atoms with van der Waals surface area (Å²) in [5, 5.41) is 3.95. The maximum atomic E-state index is 12.1. The molecule has 0 aliphatic heterocycles. The Morgan fingerprint density at radius 3 is 2.90 bits per heavy atom. The summed E-state index contributed by atoms with van der Waals surface area (Å²) in [6, 6.07) is 0. The SMILES string of the molecule is C=C(F)/C=c1/oncc1=C. The van der Waals surface area contributed by atoms with E-state index < -0.39 is 5.83 Å². The standard InChI is InChI=1S/C7H6FNO/c1-5-4-9-10-7(5)3-6(2)8/h3-4H,1-2H2/b7-3+. The summed E-state index contributed by atoms with van der Waals surface area (Å²) in [5.74, 6) is -0.568. The second-order valence-corrected chi connectivity index (χ2v) is 1.81. The molecule has 1 aromatic rings. The molecular formula is C7H6FNO. The molecule has 0 atom stereocenters. The first-order chi connectivity index (χ1) is 4.70. The van der Waals surface area contributed by atoms with Crippen LogP contribution in [0, 0.1) is 0 Å². The lowest BCUT2D eigenvalue weighted by atomic mass is 10.4. The molecule has 52 valence electrons. The van der Waals surface area contributed by atoms with Crippen LogP contribution in [0.2, 0.25) is 0 Å². The highest BCUT2D eigenvalue weighted by atomic mass is 19.1. The van der Waals surface area contributed by atoms with Crippen LogP contribution in [0.25, 0.3) is 12.7 Å². The molecule has 0 amide bonds. The van der Waals surface area contributed by atoms with Gasteiger partial charge in [-0.1, -0.05) is 18.3 Å². The third-order valence-corrected chi connectivity index (χ3v) is 0.964. The van der Waals surface area contributed by atoms with Gasteiger partial charge in [-0.05, 0) is 0 Å². The number of halogens is 1. The van der Waals surface area contributed by atoms with Gasteiger partial charge in [0.25, 0.3) is 0 Å². The molecule has 0 fully saturated rings. The molecule has 1 rings (SSSR count). The van der Waals surface area contributed by atoms with Crippen molar-refractivity contribution >= 4 is 12.7 Å². The second kappa shape index (κ2) is 2.47. The molecular weight excluding hydrogens is 133 g/mol. The van der Waals surface area contributed by atoms with Gasteiger partial charge < -0.3 is 4.52 Å². The normalized spacial score (nSPS) is 11.9. The molecule has 2 nitrogen and oxygen atoms in total. The van der Waals surface area contributed by atoms with E-state index in [0.717, 1.165) is 6.08 Å². The van der Waals surface area contributed by atoms with E-state index in [-0.39, 0.29) is 0 Å². The Morgan fingerprint density at radius 1 is 1.80 bits per heavy atom. The smallest absolute Gasteiger partial charge is 0.169 e. The maximum Gasteiger partial charge on any atom is 0.169 e. The lowest BCUT2D eigenvalue weighted by molar-refractivity contribution is 0.393. The Kier molecular flexibility index (Phi) is 1.67. The fraction of sp³-hybridized carbons (Fsp3) is 0. The highest BCUT2D eigenvalue weighted by Crippen LogP contribution is 1.88. The number of rotatable bonds is 1. The summed E-state index contributed by atoms with van der Waals surface area (Å²) >= 11 is 0. The van der Waals surface area contributed by atoms with E-state index in [2.05, 4.69) is 22.8 Å². The van der Waals surface area contributed by atoms with Gasteiger partial charge in [-0.25, -0.2) is 4.39 Å². The van der Waals surface area contributed by atoms with E-state index in [9.17, 15) is 4.39 Å². The van der Waals surface area contributed by atoms with Gasteiger partial charge in [0, 0.05) is 11.3 Å². The fourth-order valence-electron chi connectivity index (χ4n) is 0.530. The van der Waals surface area contributed by atoms with Gasteiger partial charge in [0.05, 0.1) is 6.20 Å². The van der Waals surface area contributed by atoms with E-state index in [1.165, 1.54) is 6.20 Å². The third-order valence-electron chi connectivity index (χ3n) is 0.964. The van der Waals surface area contributed by atoms with Crippen molar-refractivity contribution in [2.24, 2.45) is 0 Å². The molecule has 0 N–H and O–H groups in total. The zero-order valence-electron chi connectivity index (χ0n) is 5.30. The second-order valence-electron chi connectivity index (χ2n) is 1.81. The Labute approximate surface area is 57.0 Å². The van der Waals surface area contributed by atoms with Crippen LogP contribution in [-0.4, -0.2) is 5.16 Å². The van der Waals surface area contributed by atoms with Crippen LogP contribution in [0.3, 0.4) is 0 Å². The highest BCUT2D eigenvalue weighted by Gasteiger charge is 1.87. The molecule has 0 aliphatic carbocycles. The van der Waals surface area contributed by atoms with Crippen LogP contribution in [0.15, 0.2) is 23.1 Å². The lowest BCUT2D eigenvalue weighted by Gasteiger charge is -1.74. The van der Waals surface area contributed by atoms with E-state index in [1.807, 2.05) is 0 Å². The number of hydrogen-bond acceptors (Lipinski definition) is 2. The molecule has 0 unspecified atom stereocenters. The van der Waals surface area contributed by atoms with Crippen LogP contribution in [0.4, 0.5) is 4.39 Å². The average molecular weight is 139 g/mol. The van der Waals surface area contributed by atoms with Crippen LogP contribution in [-0.2, 0) is 0 Å². The molecule has 0 spiro atoms. The summed E-state index contributed by atoms with van der Waals surface area (Å²) in [7, 11) is 0. The quantitative estimate of drug-likeness (QED) is 0.561. The van der Waals surface area contributed by atoms with E-state index >= 15 is 0 Å². The Hall–Kier alpha value is -1.38. The maximum absolute atomic E-state index is 12.1. The first-order valence-electron chi connectivity index (χ1n) is 2.66. The van der Waals surface area contributed by atoms with Gasteiger partial charge in [0.2, 0.25) is 0 Å². The molecule has 0 saturated heterocycles. The number of nitrogens with zero attached hydrogens (tertiary/aromatic N) is 1. The van der Waals surface area contributed by atoms with Crippen molar-refractivity contribution in [2.75, 3.05) is 0 Å². The van der Waals surface area contributed by atoms with Crippen molar-refractivity contribution in [1.82, 2.24) is 5.16 Å². The predicted octanol–water partition coefficient (Wildman–Crippen LogP) is 0.349. The number of allylic oxidation sites excluding steroid dienone is 1. The minimum Gasteiger partial charge on any atom is -0.356 e. The minimum atomic E-state index is -0.568. The van der Waals surface area contributed by atoms with Crippen LogP contribution in [0.1, 0.15) is 0 Å². The Bertz CT molecular complexity index is 339. The van der Waals surface area contributed by atoms with Gasteiger partial charge in [0.1, 0.15) is 5.83 Å². The largest absolute Gasteiger partial charge is 0.356 e. The van der Waals surface area contributed by atoms with Crippen molar-refractivity contribution in [3.8, 4) is 0 Å². The van der Waals surface area contributed by atoms with Gasteiger partial charge in [-0.15, -0.1) is 0 Å². The zero-order valence-corrected chi connectivity index (χ0v) is 5.30. The molecule has 0 aromatic carbocycles. The lowest BCUT2D eigenvalue weighted by Crippen LogP contribution is -2.16. The summed E-state index contributed by atoms with van der Waals surface area (Å²) in [6.45, 7) is 6.57. The molecule has 10 heavy (non-hydrogen) atoms. The Balaban J connectivity index is 3.29. The average Bonchev–Trinajstić information content (AvgIpc) is 2.15. The van der Waals surface area contributed by atoms with Gasteiger partial charge in [0.15, 0.2) is 5.42 Å². The van der Waals surface area contributed by atoms with Crippen molar-refractivity contribution in [3.63, 3.8) is 0 Å². The predicted molar refractivity (Wildman–Crippen MR) is 36.0 cm³/mol. The number of aromatic nitrogens is 1. The Morgan fingerprint density at radius 2 is 2.50 bits per heavy atom. The summed E-state index contributed by atoms with van der Waals surface area (Å²) in [5.41, 5.74) is 0.313. The molecule has 1 heterocycles. The molecule has 0 bridgehead atoms. The molecule has 0 aliphatic rings. The first-order valence-corrected chi connectivity index (χ1v) is 2.66. The van der Waals surface area contributed by atoms with Crippen LogP contribution in [0.5, 0.6) is 0 Å². The van der Waals surface area contributed by atoms with E-state index in [4.69, 9.17) is 0 Å². The zero-order chi connectivity index (χ0) is 7.56. The fourth-order valence-corrected chi connectivity index (χ4v) is 0.530. The molecule has 0 saturated carbocycles. The van der Waals surface area contributed by atoms with Gasteiger partial charge in [-0.3, -0.25) is 0 Å². The van der Waals surface area contributed by atoms with Crippen LogP contribution < -0.4 is 10.6 Å². The monoisotopic (exact) mass is 139 g/mol. The topological polar surface area (TPSA) is 26.0 Å². The number of hydrogen-bond donors (Lipinski definition) is 0. The molecule has 1 aromatic heterocycles.